The van der Waals surface area contributed by atoms with Gasteiger partial charge in [0.1, 0.15) is 6.04 Å². The van der Waals surface area contributed by atoms with Crippen molar-refractivity contribution in [2.75, 3.05) is 17.7 Å². The Kier molecular flexibility index (Phi) is 6.09. The van der Waals surface area contributed by atoms with Crippen LogP contribution in [-0.4, -0.2) is 47.4 Å². The fourth-order valence-corrected chi connectivity index (χ4v) is 6.36. The number of aromatic nitrogens is 2. The van der Waals surface area contributed by atoms with E-state index in [1.807, 2.05) is 32.0 Å². The predicted molar refractivity (Wildman–Crippen MR) is 124 cm³/mol. The van der Waals surface area contributed by atoms with E-state index in [0.29, 0.717) is 18.1 Å². The quantitative estimate of drug-likeness (QED) is 0.583. The number of piperidine rings is 1. The molecule has 3 heterocycles. The number of amides is 1. The molecule has 0 aliphatic carbocycles. The number of pyridine rings is 1. The Bertz CT molecular complexity index is 1210. The van der Waals surface area contributed by atoms with Gasteiger partial charge in [0.05, 0.1) is 28.7 Å². The van der Waals surface area contributed by atoms with Crippen LogP contribution in [-0.2, 0) is 21.4 Å². The third-order valence-electron chi connectivity index (χ3n) is 5.53. The number of benzene rings is 1. The summed E-state index contributed by atoms with van der Waals surface area (Å²) in [7, 11) is -3.49. The highest BCUT2D eigenvalue weighted by molar-refractivity contribution is 7.88. The predicted octanol–water partition coefficient (Wildman–Crippen LogP) is 3.66. The molecular formula is C22H26N4O3S2. The fraction of sp³-hybridized carbons (Fsp3) is 0.409. The van der Waals surface area contributed by atoms with Gasteiger partial charge in [-0.2, -0.15) is 4.31 Å². The summed E-state index contributed by atoms with van der Waals surface area (Å²) in [5.41, 5.74) is 3.79. The summed E-state index contributed by atoms with van der Waals surface area (Å²) in [5, 5.41) is 0.568. The lowest BCUT2D eigenvalue weighted by Gasteiger charge is -2.35. The van der Waals surface area contributed by atoms with Gasteiger partial charge in [0.2, 0.25) is 15.9 Å². The summed E-state index contributed by atoms with van der Waals surface area (Å²) in [4.78, 5) is 24.5. The van der Waals surface area contributed by atoms with Crippen molar-refractivity contribution in [3.05, 3.63) is 53.3 Å². The first-order chi connectivity index (χ1) is 14.7. The zero-order valence-electron chi connectivity index (χ0n) is 17.9. The van der Waals surface area contributed by atoms with Crippen molar-refractivity contribution in [1.29, 1.82) is 0 Å². The molecular weight excluding hydrogens is 432 g/mol. The van der Waals surface area contributed by atoms with Crippen LogP contribution in [0, 0.1) is 13.8 Å². The van der Waals surface area contributed by atoms with Crippen LogP contribution >= 0.6 is 11.3 Å². The maximum atomic E-state index is 13.7. The standard InChI is InChI=1S/C22H26N4O3S2/c1-15-12-16(2)20-19(13-15)30-22(24-20)25(14-17-8-4-6-10-23-17)21(27)18-9-5-7-11-26(18)31(3,28)29/h4,6,8,10,12-13,18H,5,7,9,11,14H2,1-3H3. The molecule has 7 nitrogen and oxygen atoms in total. The van der Waals surface area contributed by atoms with Gasteiger partial charge in [-0.3, -0.25) is 14.7 Å². The average molecular weight is 459 g/mol. The highest BCUT2D eigenvalue weighted by Crippen LogP contribution is 2.34. The first kappa shape index (κ1) is 21.9. The highest BCUT2D eigenvalue weighted by Gasteiger charge is 2.38. The zero-order chi connectivity index (χ0) is 22.2. The average Bonchev–Trinajstić information content (AvgIpc) is 3.16. The molecule has 31 heavy (non-hydrogen) atoms. The molecule has 1 aromatic carbocycles. The lowest BCUT2D eigenvalue weighted by atomic mass is 10.0. The van der Waals surface area contributed by atoms with Crippen LogP contribution in [0.1, 0.15) is 36.1 Å². The Morgan fingerprint density at radius 2 is 2.06 bits per heavy atom. The highest BCUT2D eigenvalue weighted by atomic mass is 32.2. The smallest absolute Gasteiger partial charge is 0.247 e. The normalized spacial score (nSPS) is 17.7. The van der Waals surface area contributed by atoms with E-state index in [0.717, 1.165) is 39.9 Å². The number of fused-ring (bicyclic) bond motifs is 1. The van der Waals surface area contributed by atoms with Crippen LogP contribution in [0.2, 0.25) is 0 Å². The van der Waals surface area contributed by atoms with E-state index in [4.69, 9.17) is 4.98 Å². The number of sulfonamides is 1. The molecule has 1 amide bonds. The van der Waals surface area contributed by atoms with Crippen molar-refractivity contribution in [3.63, 3.8) is 0 Å². The minimum atomic E-state index is -3.49. The van der Waals surface area contributed by atoms with Gasteiger partial charge in [-0.05, 0) is 56.0 Å². The molecule has 2 aromatic heterocycles. The number of anilines is 1. The Balaban J connectivity index is 1.77. The maximum Gasteiger partial charge on any atom is 0.247 e. The third kappa shape index (κ3) is 4.63. The molecule has 4 rings (SSSR count). The molecule has 0 radical (unpaired) electrons. The van der Waals surface area contributed by atoms with Crippen molar-refractivity contribution in [3.8, 4) is 0 Å². The van der Waals surface area contributed by atoms with Gasteiger partial charge in [-0.25, -0.2) is 13.4 Å². The largest absolute Gasteiger partial charge is 0.281 e. The summed E-state index contributed by atoms with van der Waals surface area (Å²) in [6.45, 7) is 4.65. The number of thiazole rings is 1. The summed E-state index contributed by atoms with van der Waals surface area (Å²) in [6, 6.07) is 8.98. The second kappa shape index (κ2) is 8.64. The molecule has 1 aliphatic heterocycles. The van der Waals surface area contributed by atoms with E-state index >= 15 is 0 Å². The molecule has 1 unspecified atom stereocenters. The molecule has 1 atom stereocenters. The summed E-state index contributed by atoms with van der Waals surface area (Å²) in [5.74, 6) is -0.246. The molecule has 0 N–H and O–H groups in total. The van der Waals surface area contributed by atoms with Crippen molar-refractivity contribution < 1.29 is 13.2 Å². The van der Waals surface area contributed by atoms with Crippen molar-refractivity contribution in [1.82, 2.24) is 14.3 Å². The number of carbonyl (C=O) groups is 1. The first-order valence-corrected chi connectivity index (χ1v) is 13.0. The number of hydrogen-bond donors (Lipinski definition) is 0. The number of aryl methyl sites for hydroxylation is 2. The van der Waals surface area contributed by atoms with Crippen molar-refractivity contribution in [2.45, 2.75) is 45.7 Å². The SMILES string of the molecule is Cc1cc(C)c2nc(N(Cc3ccccn3)C(=O)C3CCCCN3S(C)(=O)=O)sc2c1. The van der Waals surface area contributed by atoms with Gasteiger partial charge in [-0.15, -0.1) is 0 Å². The van der Waals surface area contributed by atoms with E-state index in [-0.39, 0.29) is 12.5 Å². The summed E-state index contributed by atoms with van der Waals surface area (Å²) >= 11 is 1.45. The molecule has 1 aliphatic rings. The first-order valence-electron chi connectivity index (χ1n) is 10.3. The van der Waals surface area contributed by atoms with Crippen molar-refractivity contribution >= 4 is 42.6 Å². The van der Waals surface area contributed by atoms with Crippen molar-refractivity contribution in [2.24, 2.45) is 0 Å². The molecule has 1 saturated heterocycles. The lowest BCUT2D eigenvalue weighted by Crippen LogP contribution is -2.52. The third-order valence-corrected chi connectivity index (χ3v) is 7.84. The summed E-state index contributed by atoms with van der Waals surface area (Å²) in [6.07, 6.45) is 4.95. The monoisotopic (exact) mass is 458 g/mol. The van der Waals surface area contributed by atoms with Crippen LogP contribution in [0.15, 0.2) is 36.5 Å². The minimum absolute atomic E-state index is 0.242. The number of nitrogens with zero attached hydrogens (tertiary/aromatic N) is 4. The Morgan fingerprint density at radius 1 is 1.26 bits per heavy atom. The zero-order valence-corrected chi connectivity index (χ0v) is 19.5. The Morgan fingerprint density at radius 3 is 2.77 bits per heavy atom. The Hall–Kier alpha value is -2.36. The van der Waals surface area contributed by atoms with Gasteiger partial charge >= 0.3 is 0 Å². The van der Waals surface area contributed by atoms with Gasteiger partial charge in [0.25, 0.3) is 0 Å². The van der Waals surface area contributed by atoms with E-state index in [1.165, 1.54) is 21.9 Å². The van der Waals surface area contributed by atoms with Gasteiger partial charge < -0.3 is 0 Å². The summed E-state index contributed by atoms with van der Waals surface area (Å²) < 4.78 is 27.1. The van der Waals surface area contributed by atoms with Gasteiger partial charge in [0, 0.05) is 12.7 Å². The molecule has 164 valence electrons. The van der Waals surface area contributed by atoms with Crippen LogP contribution in [0.5, 0.6) is 0 Å². The number of carbonyl (C=O) groups excluding carboxylic acids is 1. The van der Waals surface area contributed by atoms with E-state index in [2.05, 4.69) is 17.1 Å². The number of hydrogen-bond acceptors (Lipinski definition) is 6. The minimum Gasteiger partial charge on any atom is -0.281 e. The van der Waals surface area contributed by atoms with Crippen LogP contribution in [0.3, 0.4) is 0 Å². The molecule has 9 heteroatoms. The fourth-order valence-electron chi connectivity index (χ4n) is 4.10. The molecule has 3 aromatic rings. The van der Waals surface area contributed by atoms with E-state index in [1.54, 1.807) is 11.1 Å². The van der Waals surface area contributed by atoms with Gasteiger partial charge in [0.15, 0.2) is 5.13 Å². The Labute approximate surface area is 186 Å². The van der Waals surface area contributed by atoms with Gasteiger partial charge in [-0.1, -0.05) is 29.9 Å². The lowest BCUT2D eigenvalue weighted by molar-refractivity contribution is -0.123. The number of rotatable bonds is 5. The molecule has 0 bridgehead atoms. The maximum absolute atomic E-state index is 13.7. The molecule has 0 spiro atoms. The molecule has 0 saturated carbocycles. The second-order valence-electron chi connectivity index (χ2n) is 8.06. The van der Waals surface area contributed by atoms with E-state index < -0.39 is 16.1 Å². The molecule has 1 fully saturated rings. The van der Waals surface area contributed by atoms with Crippen LogP contribution < -0.4 is 4.90 Å². The second-order valence-corrected chi connectivity index (χ2v) is 11.0. The van der Waals surface area contributed by atoms with Crippen LogP contribution in [0.4, 0.5) is 5.13 Å². The van der Waals surface area contributed by atoms with E-state index in [9.17, 15) is 13.2 Å². The topological polar surface area (TPSA) is 83.5 Å². The van der Waals surface area contributed by atoms with Crippen LogP contribution in [0.25, 0.3) is 10.2 Å².